The van der Waals surface area contributed by atoms with Crippen LogP contribution < -0.4 is 10.6 Å². The molecule has 1 heterocycles. The lowest BCUT2D eigenvalue weighted by molar-refractivity contribution is 0.0743. The molecule has 0 aliphatic carbocycles. The summed E-state index contributed by atoms with van der Waals surface area (Å²) in [6.07, 6.45) is 0.964. The molecule has 1 saturated heterocycles. The number of amides is 2. The molecule has 2 aromatic rings. The maximum absolute atomic E-state index is 12.7. The molecule has 0 spiro atoms. The normalized spacial score (nSPS) is 16.5. The number of carbonyl (C=O) groups is 2. The second-order valence-corrected chi connectivity index (χ2v) is 6.41. The summed E-state index contributed by atoms with van der Waals surface area (Å²) < 4.78 is 0. The van der Waals surface area contributed by atoms with E-state index in [9.17, 15) is 9.59 Å². The molecular formula is C20H23N3O2. The fourth-order valence-corrected chi connectivity index (χ4v) is 3.01. The van der Waals surface area contributed by atoms with E-state index in [1.165, 1.54) is 0 Å². The number of benzene rings is 2. The molecule has 1 atom stereocenters. The molecule has 1 unspecified atom stereocenters. The van der Waals surface area contributed by atoms with Gasteiger partial charge in [0.1, 0.15) is 0 Å². The lowest BCUT2D eigenvalue weighted by Gasteiger charge is -2.24. The summed E-state index contributed by atoms with van der Waals surface area (Å²) in [4.78, 5) is 26.9. The number of hydrogen-bond acceptors (Lipinski definition) is 3. The first-order valence-corrected chi connectivity index (χ1v) is 8.51. The van der Waals surface area contributed by atoms with Crippen LogP contribution in [0.25, 0.3) is 0 Å². The van der Waals surface area contributed by atoms with Gasteiger partial charge in [-0.3, -0.25) is 9.59 Å². The van der Waals surface area contributed by atoms with Crippen LogP contribution in [0.4, 0.5) is 5.69 Å². The summed E-state index contributed by atoms with van der Waals surface area (Å²) in [7, 11) is 1.84. The van der Waals surface area contributed by atoms with Crippen molar-refractivity contribution < 1.29 is 9.59 Å². The van der Waals surface area contributed by atoms with Crippen LogP contribution in [0.15, 0.2) is 48.5 Å². The van der Waals surface area contributed by atoms with Crippen LogP contribution in [0, 0.1) is 6.92 Å². The zero-order valence-electron chi connectivity index (χ0n) is 14.6. The quantitative estimate of drug-likeness (QED) is 0.902. The van der Waals surface area contributed by atoms with Gasteiger partial charge in [0.25, 0.3) is 11.8 Å². The highest BCUT2D eigenvalue weighted by Crippen LogP contribution is 2.20. The number of nitrogens with zero attached hydrogens (tertiary/aromatic N) is 1. The Morgan fingerprint density at radius 1 is 1.12 bits per heavy atom. The molecule has 1 aliphatic heterocycles. The van der Waals surface area contributed by atoms with Gasteiger partial charge in [-0.1, -0.05) is 24.3 Å². The minimum absolute atomic E-state index is 0.0242. The standard InChI is InChI=1S/C20H23N3O2/c1-14-8-9-16(20(25)23(2)17-10-11-21-13-17)12-18(14)22-19(24)15-6-4-3-5-7-15/h3-9,12,17,21H,10-11,13H2,1-2H3,(H,22,24). The Hall–Kier alpha value is -2.66. The van der Waals surface area contributed by atoms with Gasteiger partial charge in [-0.25, -0.2) is 0 Å². The van der Waals surface area contributed by atoms with E-state index in [1.54, 1.807) is 23.1 Å². The Morgan fingerprint density at radius 3 is 2.56 bits per heavy atom. The van der Waals surface area contributed by atoms with E-state index in [1.807, 2.05) is 44.3 Å². The molecule has 5 heteroatoms. The fraction of sp³-hybridized carbons (Fsp3) is 0.300. The van der Waals surface area contributed by atoms with Gasteiger partial charge in [-0.15, -0.1) is 0 Å². The summed E-state index contributed by atoms with van der Waals surface area (Å²) >= 11 is 0. The molecule has 1 aliphatic rings. The number of likely N-dealkylation sites (N-methyl/N-ethyl adjacent to an activating group) is 1. The van der Waals surface area contributed by atoms with Crippen molar-refractivity contribution in [2.75, 3.05) is 25.5 Å². The average Bonchev–Trinajstić information content (AvgIpc) is 3.17. The van der Waals surface area contributed by atoms with Crippen molar-refractivity contribution in [2.24, 2.45) is 0 Å². The number of nitrogens with one attached hydrogen (secondary N) is 2. The van der Waals surface area contributed by atoms with Crippen molar-refractivity contribution in [1.29, 1.82) is 0 Å². The van der Waals surface area contributed by atoms with E-state index in [0.29, 0.717) is 16.8 Å². The first kappa shape index (κ1) is 17.2. The Kier molecular flexibility index (Phi) is 5.14. The summed E-state index contributed by atoms with van der Waals surface area (Å²) in [6.45, 7) is 3.68. The van der Waals surface area contributed by atoms with E-state index < -0.39 is 0 Å². The molecule has 2 amide bonds. The van der Waals surface area contributed by atoms with E-state index in [-0.39, 0.29) is 17.9 Å². The molecule has 2 aromatic carbocycles. The van der Waals surface area contributed by atoms with Gasteiger partial charge in [-0.05, 0) is 49.7 Å². The first-order chi connectivity index (χ1) is 12.1. The first-order valence-electron chi connectivity index (χ1n) is 8.51. The maximum atomic E-state index is 12.7. The van der Waals surface area contributed by atoms with Crippen LogP contribution in [0.1, 0.15) is 32.7 Å². The average molecular weight is 337 g/mol. The minimum atomic E-state index is -0.179. The van der Waals surface area contributed by atoms with Gasteiger partial charge in [0.15, 0.2) is 0 Å². The van der Waals surface area contributed by atoms with Gasteiger partial charge in [0.2, 0.25) is 0 Å². The molecule has 0 radical (unpaired) electrons. The van der Waals surface area contributed by atoms with Gasteiger partial charge in [-0.2, -0.15) is 0 Å². The van der Waals surface area contributed by atoms with E-state index >= 15 is 0 Å². The number of anilines is 1. The Labute approximate surface area is 148 Å². The predicted molar refractivity (Wildman–Crippen MR) is 98.9 cm³/mol. The monoisotopic (exact) mass is 337 g/mol. The zero-order valence-corrected chi connectivity index (χ0v) is 14.6. The molecule has 3 rings (SSSR count). The lowest BCUT2D eigenvalue weighted by atomic mass is 10.1. The van der Waals surface area contributed by atoms with Gasteiger partial charge >= 0.3 is 0 Å². The highest BCUT2D eigenvalue weighted by molar-refractivity contribution is 6.05. The van der Waals surface area contributed by atoms with Crippen LogP contribution in [0.2, 0.25) is 0 Å². The molecule has 2 N–H and O–H groups in total. The Bertz CT molecular complexity index is 768. The molecule has 0 bridgehead atoms. The highest BCUT2D eigenvalue weighted by atomic mass is 16.2. The summed E-state index contributed by atoms with van der Waals surface area (Å²) in [5.74, 6) is -0.203. The van der Waals surface area contributed by atoms with Crippen molar-refractivity contribution in [3.63, 3.8) is 0 Å². The van der Waals surface area contributed by atoms with Gasteiger partial charge < -0.3 is 15.5 Å². The molecule has 0 saturated carbocycles. The summed E-state index contributed by atoms with van der Waals surface area (Å²) in [5.41, 5.74) is 2.76. The molecular weight excluding hydrogens is 314 g/mol. The highest BCUT2D eigenvalue weighted by Gasteiger charge is 2.24. The van der Waals surface area contributed by atoms with Crippen molar-refractivity contribution in [2.45, 2.75) is 19.4 Å². The van der Waals surface area contributed by atoms with E-state index in [2.05, 4.69) is 10.6 Å². The van der Waals surface area contributed by atoms with Gasteiger partial charge in [0, 0.05) is 36.4 Å². The van der Waals surface area contributed by atoms with Crippen molar-refractivity contribution >= 4 is 17.5 Å². The van der Waals surface area contributed by atoms with Crippen molar-refractivity contribution in [3.05, 3.63) is 65.2 Å². The van der Waals surface area contributed by atoms with Crippen LogP contribution in [0.5, 0.6) is 0 Å². The molecule has 5 nitrogen and oxygen atoms in total. The van der Waals surface area contributed by atoms with Gasteiger partial charge in [0.05, 0.1) is 0 Å². The minimum Gasteiger partial charge on any atom is -0.337 e. The maximum Gasteiger partial charge on any atom is 0.255 e. The second-order valence-electron chi connectivity index (χ2n) is 6.41. The third kappa shape index (κ3) is 3.88. The summed E-state index contributed by atoms with van der Waals surface area (Å²) in [6, 6.07) is 14.7. The molecule has 0 aromatic heterocycles. The van der Waals surface area contributed by atoms with Crippen LogP contribution >= 0.6 is 0 Å². The molecule has 1 fully saturated rings. The molecule has 130 valence electrons. The Balaban J connectivity index is 1.78. The number of carbonyl (C=O) groups excluding carboxylic acids is 2. The van der Waals surface area contributed by atoms with Crippen LogP contribution in [0.3, 0.4) is 0 Å². The number of hydrogen-bond donors (Lipinski definition) is 2. The third-order valence-electron chi connectivity index (χ3n) is 4.67. The van der Waals surface area contributed by atoms with Crippen molar-refractivity contribution in [1.82, 2.24) is 10.2 Å². The second kappa shape index (κ2) is 7.49. The number of rotatable bonds is 4. The van der Waals surface area contributed by atoms with Crippen LogP contribution in [-0.2, 0) is 0 Å². The lowest BCUT2D eigenvalue weighted by Crippen LogP contribution is -2.38. The summed E-state index contributed by atoms with van der Waals surface area (Å²) in [5, 5.41) is 6.18. The SMILES string of the molecule is Cc1ccc(C(=O)N(C)C2CCNC2)cc1NC(=O)c1ccccc1. The smallest absolute Gasteiger partial charge is 0.255 e. The largest absolute Gasteiger partial charge is 0.337 e. The zero-order chi connectivity index (χ0) is 17.8. The van der Waals surface area contributed by atoms with E-state index in [0.717, 1.165) is 25.1 Å². The topological polar surface area (TPSA) is 61.4 Å². The molecule has 25 heavy (non-hydrogen) atoms. The fourth-order valence-electron chi connectivity index (χ4n) is 3.01. The predicted octanol–water partition coefficient (Wildman–Crippen LogP) is 2.68. The van der Waals surface area contributed by atoms with Crippen LogP contribution in [-0.4, -0.2) is 42.9 Å². The number of aryl methyl sites for hydroxylation is 1. The van der Waals surface area contributed by atoms with E-state index in [4.69, 9.17) is 0 Å². The van der Waals surface area contributed by atoms with Crippen molar-refractivity contribution in [3.8, 4) is 0 Å². The Morgan fingerprint density at radius 2 is 1.88 bits per heavy atom. The third-order valence-corrected chi connectivity index (χ3v) is 4.67.